The van der Waals surface area contributed by atoms with Crippen LogP contribution in [0, 0.1) is 5.92 Å². The fourth-order valence-corrected chi connectivity index (χ4v) is 2.74. The van der Waals surface area contributed by atoms with Crippen LogP contribution in [0.2, 0.25) is 0 Å². The summed E-state index contributed by atoms with van der Waals surface area (Å²) in [6, 6.07) is 0.493. The molecule has 18 heavy (non-hydrogen) atoms. The number of halogens is 1. The molecule has 3 nitrogen and oxygen atoms in total. The summed E-state index contributed by atoms with van der Waals surface area (Å²) in [4.78, 5) is 14.3. The summed E-state index contributed by atoms with van der Waals surface area (Å²) >= 11 is 0. The monoisotopic (exact) mass is 274 g/mol. The van der Waals surface area contributed by atoms with Crippen LogP contribution in [0.3, 0.4) is 0 Å². The van der Waals surface area contributed by atoms with Crippen molar-refractivity contribution in [3.8, 4) is 0 Å². The normalized spacial score (nSPS) is 24.3. The average molecular weight is 275 g/mol. The standard InChI is InChI=1S/C14H26N2O.ClH/c1-2-13-6-4-3-5-9-16(13)14(17)11-15-10-12-7-8-12;/h12-13,15H,2-11H2,1H3;1H. The van der Waals surface area contributed by atoms with Crippen LogP contribution in [0.5, 0.6) is 0 Å². The number of carbonyl (C=O) groups excluding carboxylic acids is 1. The summed E-state index contributed by atoms with van der Waals surface area (Å²) in [6.07, 6.45) is 8.77. The van der Waals surface area contributed by atoms with E-state index in [1.807, 2.05) is 0 Å². The van der Waals surface area contributed by atoms with E-state index in [0.29, 0.717) is 18.5 Å². The maximum absolute atomic E-state index is 12.2. The molecular weight excluding hydrogens is 248 g/mol. The van der Waals surface area contributed by atoms with Crippen LogP contribution in [0.15, 0.2) is 0 Å². The van der Waals surface area contributed by atoms with Crippen molar-refractivity contribution in [3.63, 3.8) is 0 Å². The first-order chi connectivity index (χ1) is 8.31. The van der Waals surface area contributed by atoms with Gasteiger partial charge in [-0.15, -0.1) is 12.4 Å². The number of hydrogen-bond donors (Lipinski definition) is 1. The maximum Gasteiger partial charge on any atom is 0.236 e. The molecule has 1 heterocycles. The van der Waals surface area contributed by atoms with Crippen molar-refractivity contribution in [2.45, 2.75) is 57.9 Å². The van der Waals surface area contributed by atoms with E-state index in [1.165, 1.54) is 38.5 Å². The van der Waals surface area contributed by atoms with E-state index in [9.17, 15) is 4.79 Å². The largest absolute Gasteiger partial charge is 0.339 e. The van der Waals surface area contributed by atoms with E-state index in [2.05, 4.69) is 17.1 Å². The molecule has 0 bridgehead atoms. The molecule has 2 rings (SSSR count). The van der Waals surface area contributed by atoms with Crippen LogP contribution in [0.4, 0.5) is 0 Å². The minimum atomic E-state index is 0. The van der Waals surface area contributed by atoms with Gasteiger partial charge in [0, 0.05) is 12.6 Å². The van der Waals surface area contributed by atoms with Gasteiger partial charge in [-0.1, -0.05) is 19.8 Å². The fourth-order valence-electron chi connectivity index (χ4n) is 2.74. The molecule has 2 aliphatic rings. The summed E-state index contributed by atoms with van der Waals surface area (Å²) in [5.41, 5.74) is 0. The van der Waals surface area contributed by atoms with Crippen molar-refractivity contribution in [1.29, 1.82) is 0 Å². The third-order valence-corrected chi connectivity index (χ3v) is 4.07. The van der Waals surface area contributed by atoms with Crippen LogP contribution in [0.1, 0.15) is 51.9 Å². The maximum atomic E-state index is 12.2. The predicted molar refractivity (Wildman–Crippen MR) is 77.1 cm³/mol. The van der Waals surface area contributed by atoms with Gasteiger partial charge in [0.25, 0.3) is 0 Å². The highest BCUT2D eigenvalue weighted by Gasteiger charge is 2.25. The second-order valence-corrected chi connectivity index (χ2v) is 5.57. The Balaban J connectivity index is 0.00000162. The summed E-state index contributed by atoms with van der Waals surface area (Å²) in [5, 5.41) is 3.32. The molecule has 0 aromatic rings. The lowest BCUT2D eigenvalue weighted by Gasteiger charge is -2.29. The molecule has 1 unspecified atom stereocenters. The van der Waals surface area contributed by atoms with Crippen LogP contribution in [-0.2, 0) is 4.79 Å². The molecular formula is C14H27ClN2O. The van der Waals surface area contributed by atoms with Gasteiger partial charge in [0.05, 0.1) is 6.54 Å². The predicted octanol–water partition coefficient (Wildman–Crippen LogP) is 2.59. The molecule has 4 heteroatoms. The molecule has 0 aromatic heterocycles. The van der Waals surface area contributed by atoms with Gasteiger partial charge >= 0.3 is 0 Å². The van der Waals surface area contributed by atoms with Gasteiger partial charge < -0.3 is 10.2 Å². The minimum Gasteiger partial charge on any atom is -0.339 e. The minimum absolute atomic E-state index is 0. The molecule has 2 fully saturated rings. The molecule has 106 valence electrons. The number of nitrogens with zero attached hydrogens (tertiary/aromatic N) is 1. The highest BCUT2D eigenvalue weighted by molar-refractivity contribution is 5.85. The molecule has 0 aromatic carbocycles. The first kappa shape index (κ1) is 15.8. The highest BCUT2D eigenvalue weighted by atomic mass is 35.5. The topological polar surface area (TPSA) is 32.3 Å². The quantitative estimate of drug-likeness (QED) is 0.836. The number of hydrogen-bond acceptors (Lipinski definition) is 2. The van der Waals surface area contributed by atoms with Crippen molar-refractivity contribution in [3.05, 3.63) is 0 Å². The van der Waals surface area contributed by atoms with E-state index in [0.717, 1.165) is 25.4 Å². The van der Waals surface area contributed by atoms with Crippen molar-refractivity contribution < 1.29 is 4.79 Å². The molecule has 0 spiro atoms. The summed E-state index contributed by atoms with van der Waals surface area (Å²) in [6.45, 7) is 4.76. The van der Waals surface area contributed by atoms with Crippen LogP contribution in [0.25, 0.3) is 0 Å². The zero-order valence-electron chi connectivity index (χ0n) is 11.5. The molecule has 1 aliphatic carbocycles. The van der Waals surface area contributed by atoms with Gasteiger partial charge in [0.1, 0.15) is 0 Å². The lowest BCUT2D eigenvalue weighted by atomic mass is 10.1. The van der Waals surface area contributed by atoms with Gasteiger partial charge in [-0.25, -0.2) is 0 Å². The number of likely N-dealkylation sites (tertiary alicyclic amines) is 1. The lowest BCUT2D eigenvalue weighted by Crippen LogP contribution is -2.44. The second kappa shape index (κ2) is 8.00. The van der Waals surface area contributed by atoms with Gasteiger partial charge in [-0.05, 0) is 44.6 Å². The van der Waals surface area contributed by atoms with Crippen LogP contribution in [-0.4, -0.2) is 36.5 Å². The van der Waals surface area contributed by atoms with E-state index in [4.69, 9.17) is 0 Å². The SMILES string of the molecule is CCC1CCCCCN1C(=O)CNCC1CC1.Cl. The molecule has 1 aliphatic heterocycles. The third kappa shape index (κ3) is 4.77. The molecule has 1 N–H and O–H groups in total. The molecule has 0 radical (unpaired) electrons. The van der Waals surface area contributed by atoms with Crippen LogP contribution >= 0.6 is 12.4 Å². The van der Waals surface area contributed by atoms with Crippen molar-refractivity contribution >= 4 is 18.3 Å². The van der Waals surface area contributed by atoms with E-state index < -0.39 is 0 Å². The molecule has 1 atom stereocenters. The Hall–Kier alpha value is -0.280. The Labute approximate surface area is 117 Å². The highest BCUT2D eigenvalue weighted by Crippen LogP contribution is 2.27. The number of amides is 1. The summed E-state index contributed by atoms with van der Waals surface area (Å²) in [7, 11) is 0. The fraction of sp³-hybridized carbons (Fsp3) is 0.929. The van der Waals surface area contributed by atoms with Crippen molar-refractivity contribution in [1.82, 2.24) is 10.2 Å². The average Bonchev–Trinajstić information content (AvgIpc) is 3.14. The first-order valence-corrected chi connectivity index (χ1v) is 7.31. The summed E-state index contributed by atoms with van der Waals surface area (Å²) < 4.78 is 0. The lowest BCUT2D eigenvalue weighted by molar-refractivity contribution is -0.132. The Morgan fingerprint density at radius 1 is 1.22 bits per heavy atom. The molecule has 1 saturated carbocycles. The number of nitrogens with one attached hydrogen (secondary N) is 1. The Kier molecular flexibility index (Phi) is 7.02. The Bertz CT molecular complexity index is 256. The Morgan fingerprint density at radius 3 is 2.67 bits per heavy atom. The van der Waals surface area contributed by atoms with Gasteiger partial charge in [-0.3, -0.25) is 4.79 Å². The zero-order valence-corrected chi connectivity index (χ0v) is 12.3. The second-order valence-electron chi connectivity index (χ2n) is 5.57. The first-order valence-electron chi connectivity index (χ1n) is 7.31. The van der Waals surface area contributed by atoms with Gasteiger partial charge in [-0.2, -0.15) is 0 Å². The van der Waals surface area contributed by atoms with E-state index in [1.54, 1.807) is 0 Å². The number of rotatable bonds is 5. The smallest absolute Gasteiger partial charge is 0.236 e. The van der Waals surface area contributed by atoms with Gasteiger partial charge in [0.2, 0.25) is 5.91 Å². The van der Waals surface area contributed by atoms with Crippen molar-refractivity contribution in [2.75, 3.05) is 19.6 Å². The zero-order chi connectivity index (χ0) is 12.1. The molecule has 1 saturated heterocycles. The van der Waals surface area contributed by atoms with E-state index in [-0.39, 0.29) is 12.4 Å². The molecule has 1 amide bonds. The third-order valence-electron chi connectivity index (χ3n) is 4.07. The van der Waals surface area contributed by atoms with Crippen molar-refractivity contribution in [2.24, 2.45) is 5.92 Å². The van der Waals surface area contributed by atoms with Crippen LogP contribution < -0.4 is 5.32 Å². The number of carbonyl (C=O) groups is 1. The summed E-state index contributed by atoms with van der Waals surface area (Å²) in [5.74, 6) is 1.17. The Morgan fingerprint density at radius 2 is 2.00 bits per heavy atom. The van der Waals surface area contributed by atoms with E-state index >= 15 is 0 Å². The van der Waals surface area contributed by atoms with Gasteiger partial charge in [0.15, 0.2) is 0 Å².